The highest BCUT2D eigenvalue weighted by atomic mass is 32.2. The Morgan fingerprint density at radius 2 is 1.67 bits per heavy atom. The minimum absolute atomic E-state index is 0.251. The predicted molar refractivity (Wildman–Crippen MR) is 80.1 cm³/mol. The second kappa shape index (κ2) is 6.53. The Bertz CT molecular complexity index is 759. The van der Waals surface area contributed by atoms with Gasteiger partial charge in [0.15, 0.2) is 0 Å². The van der Waals surface area contributed by atoms with Gasteiger partial charge in [0.2, 0.25) is 0 Å². The summed E-state index contributed by atoms with van der Waals surface area (Å²) in [5.41, 5.74) is 1.33. The first-order chi connectivity index (χ1) is 9.97. The van der Waals surface area contributed by atoms with E-state index in [9.17, 15) is 12.8 Å². The van der Waals surface area contributed by atoms with Crippen molar-refractivity contribution < 1.29 is 12.8 Å². The quantitative estimate of drug-likeness (QED) is 0.817. The van der Waals surface area contributed by atoms with Gasteiger partial charge in [0.05, 0.1) is 0 Å². The molecule has 0 aliphatic carbocycles. The largest absolute Gasteiger partial charge is 0.283 e. The van der Waals surface area contributed by atoms with Crippen LogP contribution < -0.4 is 0 Å². The molecule has 0 atom stereocenters. The van der Waals surface area contributed by atoms with E-state index in [0.717, 1.165) is 5.56 Å². The van der Waals surface area contributed by atoms with Crippen LogP contribution in [0.5, 0.6) is 0 Å². The summed E-state index contributed by atoms with van der Waals surface area (Å²) in [6.07, 6.45) is 0. The average Bonchev–Trinajstić information content (AvgIpc) is 2.48. The third-order valence-electron chi connectivity index (χ3n) is 2.83. The zero-order chi connectivity index (χ0) is 15.3. The number of rotatable bonds is 3. The first-order valence-corrected chi connectivity index (χ1v) is 7.70. The summed E-state index contributed by atoms with van der Waals surface area (Å²) in [5.74, 6) is 2.15. The van der Waals surface area contributed by atoms with Crippen molar-refractivity contribution in [2.45, 2.75) is 6.54 Å². The van der Waals surface area contributed by atoms with E-state index in [1.165, 1.54) is 35.6 Å². The van der Waals surface area contributed by atoms with E-state index in [4.69, 9.17) is 0 Å². The van der Waals surface area contributed by atoms with Crippen molar-refractivity contribution in [2.75, 3.05) is 7.05 Å². The molecule has 0 aromatic heterocycles. The van der Waals surface area contributed by atoms with Gasteiger partial charge in [-0.05, 0) is 35.7 Å². The minimum atomic E-state index is -3.69. The second-order valence-corrected chi connectivity index (χ2v) is 6.26. The summed E-state index contributed by atoms with van der Waals surface area (Å²) in [5, 5.41) is 2.24. The van der Waals surface area contributed by atoms with Crippen LogP contribution in [0.4, 0.5) is 4.39 Å². The third-order valence-corrected chi connectivity index (χ3v) is 4.14. The molecule has 5 heteroatoms. The maximum atomic E-state index is 12.8. The van der Waals surface area contributed by atoms with Gasteiger partial charge in [-0.1, -0.05) is 30.3 Å². The Morgan fingerprint density at radius 1 is 1.05 bits per heavy atom. The standard InChI is InChI=1S/C16H14FNO2S/c1-18(13-15-5-3-2-4-6-15)21(19,20)12-11-14-7-9-16(17)10-8-14/h2-10H,13H2,1H3. The van der Waals surface area contributed by atoms with Crippen LogP contribution in [0.25, 0.3) is 0 Å². The Balaban J connectivity index is 2.13. The molecule has 21 heavy (non-hydrogen) atoms. The number of hydrogen-bond acceptors (Lipinski definition) is 2. The molecular formula is C16H14FNO2S. The number of benzene rings is 2. The number of sulfonamides is 1. The maximum absolute atomic E-state index is 12.8. The maximum Gasteiger partial charge on any atom is 0.283 e. The van der Waals surface area contributed by atoms with E-state index in [1.54, 1.807) is 0 Å². The molecule has 0 fully saturated rings. The van der Waals surface area contributed by atoms with E-state index in [1.807, 2.05) is 30.3 Å². The van der Waals surface area contributed by atoms with Crippen molar-refractivity contribution in [1.82, 2.24) is 4.31 Å². The summed E-state index contributed by atoms with van der Waals surface area (Å²) in [6.45, 7) is 0.251. The SMILES string of the molecule is CN(Cc1ccccc1)S(=O)(=O)C#Cc1ccc(F)cc1. The highest BCUT2D eigenvalue weighted by Crippen LogP contribution is 2.07. The van der Waals surface area contributed by atoms with E-state index >= 15 is 0 Å². The summed E-state index contributed by atoms with van der Waals surface area (Å²) in [7, 11) is -2.21. The fraction of sp³-hybridized carbons (Fsp3) is 0.125. The molecule has 0 bridgehead atoms. The molecule has 0 radical (unpaired) electrons. The van der Waals surface area contributed by atoms with Crippen molar-refractivity contribution in [1.29, 1.82) is 0 Å². The topological polar surface area (TPSA) is 37.4 Å². The number of hydrogen-bond donors (Lipinski definition) is 0. The van der Waals surface area contributed by atoms with Gasteiger partial charge in [-0.25, -0.2) is 4.39 Å². The first-order valence-electron chi connectivity index (χ1n) is 6.26. The van der Waals surface area contributed by atoms with E-state index < -0.39 is 10.0 Å². The van der Waals surface area contributed by atoms with Crippen molar-refractivity contribution >= 4 is 10.0 Å². The average molecular weight is 303 g/mol. The van der Waals surface area contributed by atoms with Crippen LogP contribution in [0.15, 0.2) is 54.6 Å². The van der Waals surface area contributed by atoms with E-state index in [2.05, 4.69) is 11.2 Å². The van der Waals surface area contributed by atoms with Crippen molar-refractivity contribution in [3.8, 4) is 11.2 Å². The van der Waals surface area contributed by atoms with Crippen LogP contribution in [-0.2, 0) is 16.6 Å². The van der Waals surface area contributed by atoms with Gasteiger partial charge in [-0.2, -0.15) is 12.7 Å². The highest BCUT2D eigenvalue weighted by molar-refractivity contribution is 7.93. The Hall–Kier alpha value is -2.16. The molecule has 0 aliphatic heterocycles. The molecule has 0 heterocycles. The Morgan fingerprint density at radius 3 is 2.29 bits per heavy atom. The van der Waals surface area contributed by atoms with Gasteiger partial charge in [0.1, 0.15) is 5.82 Å². The molecule has 0 aliphatic rings. The van der Waals surface area contributed by atoms with Crippen LogP contribution in [0.2, 0.25) is 0 Å². The zero-order valence-corrected chi connectivity index (χ0v) is 12.3. The van der Waals surface area contributed by atoms with Crippen LogP contribution in [0.1, 0.15) is 11.1 Å². The van der Waals surface area contributed by atoms with Crippen LogP contribution in [-0.4, -0.2) is 19.8 Å². The second-order valence-electron chi connectivity index (χ2n) is 4.48. The van der Waals surface area contributed by atoms with Crippen LogP contribution in [0.3, 0.4) is 0 Å². The molecule has 0 saturated carbocycles. The molecule has 0 spiro atoms. The van der Waals surface area contributed by atoms with Gasteiger partial charge in [-0.15, -0.1) is 0 Å². The summed E-state index contributed by atoms with van der Waals surface area (Å²) in [6, 6.07) is 14.6. The third kappa shape index (κ3) is 4.42. The smallest absolute Gasteiger partial charge is 0.207 e. The molecule has 2 aromatic rings. The lowest BCUT2D eigenvalue weighted by Gasteiger charge is -2.12. The molecule has 0 amide bonds. The lowest BCUT2D eigenvalue weighted by Crippen LogP contribution is -2.24. The molecule has 2 rings (SSSR count). The lowest BCUT2D eigenvalue weighted by atomic mass is 10.2. The number of nitrogens with zero attached hydrogens (tertiary/aromatic N) is 1. The van der Waals surface area contributed by atoms with Gasteiger partial charge in [-0.3, -0.25) is 0 Å². The predicted octanol–water partition coefficient (Wildman–Crippen LogP) is 2.60. The van der Waals surface area contributed by atoms with Crippen LogP contribution in [0, 0.1) is 17.0 Å². The van der Waals surface area contributed by atoms with Crippen molar-refractivity contribution in [3.63, 3.8) is 0 Å². The molecular weight excluding hydrogens is 289 g/mol. The Kier molecular flexibility index (Phi) is 4.73. The monoisotopic (exact) mass is 303 g/mol. The first kappa shape index (κ1) is 15.2. The molecule has 0 N–H and O–H groups in total. The molecule has 3 nitrogen and oxygen atoms in total. The van der Waals surface area contributed by atoms with Gasteiger partial charge in [0.25, 0.3) is 10.0 Å². The van der Waals surface area contributed by atoms with E-state index in [0.29, 0.717) is 5.56 Å². The van der Waals surface area contributed by atoms with Gasteiger partial charge < -0.3 is 0 Å². The van der Waals surface area contributed by atoms with Gasteiger partial charge >= 0.3 is 0 Å². The minimum Gasteiger partial charge on any atom is -0.207 e. The summed E-state index contributed by atoms with van der Waals surface area (Å²) < 4.78 is 38.0. The fourth-order valence-corrected chi connectivity index (χ4v) is 2.38. The van der Waals surface area contributed by atoms with Gasteiger partial charge in [0, 0.05) is 24.4 Å². The molecule has 108 valence electrons. The fourth-order valence-electron chi connectivity index (χ4n) is 1.66. The summed E-state index contributed by atoms with van der Waals surface area (Å²) in [4.78, 5) is 0. The van der Waals surface area contributed by atoms with Crippen molar-refractivity contribution in [2.24, 2.45) is 0 Å². The number of halogens is 1. The zero-order valence-electron chi connectivity index (χ0n) is 11.5. The van der Waals surface area contributed by atoms with Crippen LogP contribution >= 0.6 is 0 Å². The molecule has 2 aromatic carbocycles. The highest BCUT2D eigenvalue weighted by Gasteiger charge is 2.14. The Labute approximate surface area is 124 Å². The van der Waals surface area contributed by atoms with E-state index in [-0.39, 0.29) is 12.4 Å². The van der Waals surface area contributed by atoms with Crippen molar-refractivity contribution in [3.05, 3.63) is 71.5 Å². The molecule has 0 unspecified atom stereocenters. The summed E-state index contributed by atoms with van der Waals surface area (Å²) >= 11 is 0. The normalized spacial score (nSPS) is 11.0. The lowest BCUT2D eigenvalue weighted by molar-refractivity contribution is 0.477. The molecule has 0 saturated heterocycles.